The van der Waals surface area contributed by atoms with Gasteiger partial charge in [0.15, 0.2) is 0 Å². The van der Waals surface area contributed by atoms with E-state index in [1.54, 1.807) is 18.3 Å². The Labute approximate surface area is 155 Å². The molecule has 4 rings (SSSR count). The first-order valence-electron chi connectivity index (χ1n) is 8.57. The van der Waals surface area contributed by atoms with Gasteiger partial charge in [-0.15, -0.1) is 0 Å². The van der Waals surface area contributed by atoms with Crippen LogP contribution in [0, 0.1) is 12.7 Å². The number of rotatable bonds is 2. The number of aromatic nitrogens is 3. The Morgan fingerprint density at radius 3 is 2.73 bits per heavy atom. The van der Waals surface area contributed by atoms with E-state index >= 15 is 0 Å². The number of fused-ring (bicyclic) bond motifs is 1. The molecule has 0 unspecified atom stereocenters. The van der Waals surface area contributed by atoms with Gasteiger partial charge in [0.1, 0.15) is 5.82 Å². The van der Waals surface area contributed by atoms with Crippen LogP contribution in [0.2, 0.25) is 5.02 Å². The lowest BCUT2D eigenvalue weighted by Gasteiger charge is -2.32. The minimum absolute atomic E-state index is 0.0379. The van der Waals surface area contributed by atoms with Crippen molar-refractivity contribution in [3.05, 3.63) is 58.8 Å². The Morgan fingerprint density at radius 1 is 1.27 bits per heavy atom. The highest BCUT2D eigenvalue weighted by atomic mass is 35.5. The number of hydrogen-bond acceptors (Lipinski definition) is 3. The smallest absolute Gasteiger partial charge is 0.254 e. The maximum Gasteiger partial charge on any atom is 0.254 e. The predicted molar refractivity (Wildman–Crippen MR) is 97.8 cm³/mol. The summed E-state index contributed by atoms with van der Waals surface area (Å²) in [5, 5.41) is 5.57. The Bertz CT molecular complexity index is 974. The molecular weight excluding hydrogens is 355 g/mol. The number of halogens is 2. The van der Waals surface area contributed by atoms with Crippen LogP contribution in [-0.2, 0) is 0 Å². The van der Waals surface area contributed by atoms with E-state index < -0.39 is 0 Å². The van der Waals surface area contributed by atoms with Crippen LogP contribution in [0.4, 0.5) is 4.39 Å². The number of nitrogens with zero attached hydrogens (tertiary/aromatic N) is 4. The van der Waals surface area contributed by atoms with Gasteiger partial charge in [-0.05, 0) is 38.0 Å². The van der Waals surface area contributed by atoms with Crippen molar-refractivity contribution in [3.63, 3.8) is 0 Å². The molecule has 1 aliphatic heterocycles. The number of carbonyl (C=O) groups is 1. The summed E-state index contributed by atoms with van der Waals surface area (Å²) in [5.74, 6) is -0.392. The Kier molecular flexibility index (Phi) is 4.36. The molecular formula is C19H18ClFN4O. The summed E-state index contributed by atoms with van der Waals surface area (Å²) < 4.78 is 15.4. The van der Waals surface area contributed by atoms with Crippen molar-refractivity contribution in [1.29, 1.82) is 0 Å². The molecule has 0 aliphatic carbocycles. The number of hydrogen-bond donors (Lipinski definition) is 0. The molecule has 7 heteroatoms. The molecule has 3 aromatic rings. The van der Waals surface area contributed by atoms with Gasteiger partial charge < -0.3 is 4.90 Å². The van der Waals surface area contributed by atoms with E-state index in [2.05, 4.69) is 10.1 Å². The topological polar surface area (TPSA) is 51.0 Å². The van der Waals surface area contributed by atoms with Gasteiger partial charge >= 0.3 is 0 Å². The maximum absolute atomic E-state index is 13.5. The first-order chi connectivity index (χ1) is 12.5. The number of piperidine rings is 1. The molecule has 1 amide bonds. The summed E-state index contributed by atoms with van der Waals surface area (Å²) in [6, 6.07) is 6.39. The van der Waals surface area contributed by atoms with E-state index in [9.17, 15) is 9.18 Å². The van der Waals surface area contributed by atoms with Crippen molar-refractivity contribution in [3.8, 4) is 0 Å². The van der Waals surface area contributed by atoms with Gasteiger partial charge in [-0.1, -0.05) is 11.6 Å². The van der Waals surface area contributed by atoms with E-state index in [-0.39, 0.29) is 17.8 Å². The normalized spacial score (nSPS) is 15.6. The molecule has 3 heterocycles. The molecule has 1 aromatic carbocycles. The second-order valence-electron chi connectivity index (χ2n) is 6.63. The highest BCUT2D eigenvalue weighted by Gasteiger charge is 2.26. The number of amides is 1. The average molecular weight is 373 g/mol. The predicted octanol–water partition coefficient (Wildman–Crippen LogP) is 4.01. The van der Waals surface area contributed by atoms with Gasteiger partial charge in [0.25, 0.3) is 5.91 Å². The highest BCUT2D eigenvalue weighted by Crippen LogP contribution is 2.26. The SMILES string of the molecule is Cc1cc(C(=O)N2CCC(n3cc(Cl)cn3)CC2)c2ccc(F)cc2n1. The molecule has 134 valence electrons. The summed E-state index contributed by atoms with van der Waals surface area (Å²) in [5.41, 5.74) is 1.79. The fourth-order valence-corrected chi connectivity index (χ4v) is 3.67. The molecule has 26 heavy (non-hydrogen) atoms. The van der Waals surface area contributed by atoms with Crippen molar-refractivity contribution in [2.24, 2.45) is 0 Å². The molecule has 0 spiro atoms. The lowest BCUT2D eigenvalue weighted by atomic mass is 10.0. The number of pyridine rings is 1. The van der Waals surface area contributed by atoms with Crippen molar-refractivity contribution in [2.45, 2.75) is 25.8 Å². The van der Waals surface area contributed by atoms with Gasteiger partial charge in [-0.2, -0.15) is 5.10 Å². The minimum Gasteiger partial charge on any atom is -0.338 e. The molecule has 0 saturated carbocycles. The third-order valence-corrected chi connectivity index (χ3v) is 5.02. The molecule has 5 nitrogen and oxygen atoms in total. The number of aryl methyl sites for hydroxylation is 1. The lowest BCUT2D eigenvalue weighted by Crippen LogP contribution is -2.39. The van der Waals surface area contributed by atoms with Crippen molar-refractivity contribution in [2.75, 3.05) is 13.1 Å². The van der Waals surface area contributed by atoms with Crippen LogP contribution < -0.4 is 0 Å². The van der Waals surface area contributed by atoms with Crippen LogP contribution in [0.15, 0.2) is 36.7 Å². The fraction of sp³-hybridized carbons (Fsp3) is 0.316. The molecule has 1 aliphatic rings. The summed E-state index contributed by atoms with van der Waals surface area (Å²) in [7, 11) is 0. The molecule has 1 fully saturated rings. The van der Waals surface area contributed by atoms with E-state index in [1.165, 1.54) is 12.1 Å². The second-order valence-corrected chi connectivity index (χ2v) is 7.07. The zero-order valence-electron chi connectivity index (χ0n) is 14.3. The first kappa shape index (κ1) is 17.0. The summed E-state index contributed by atoms with van der Waals surface area (Å²) in [4.78, 5) is 19.2. The van der Waals surface area contributed by atoms with Gasteiger partial charge in [0.05, 0.1) is 28.3 Å². The zero-order valence-corrected chi connectivity index (χ0v) is 15.1. The number of likely N-dealkylation sites (tertiary alicyclic amines) is 1. The summed E-state index contributed by atoms with van der Waals surface area (Å²) in [6.07, 6.45) is 5.09. The number of carbonyl (C=O) groups excluding carboxylic acids is 1. The Hall–Kier alpha value is -2.47. The Morgan fingerprint density at radius 2 is 2.04 bits per heavy atom. The lowest BCUT2D eigenvalue weighted by molar-refractivity contribution is 0.0691. The molecule has 0 bridgehead atoms. The molecule has 1 saturated heterocycles. The van der Waals surface area contributed by atoms with Gasteiger partial charge in [-0.3, -0.25) is 14.5 Å². The summed E-state index contributed by atoms with van der Waals surface area (Å²) >= 11 is 5.94. The third kappa shape index (κ3) is 3.17. The van der Waals surface area contributed by atoms with Crippen LogP contribution in [0.1, 0.15) is 34.9 Å². The molecule has 0 atom stereocenters. The van der Waals surface area contributed by atoms with Crippen LogP contribution in [0.3, 0.4) is 0 Å². The van der Waals surface area contributed by atoms with Crippen LogP contribution in [-0.4, -0.2) is 38.7 Å². The molecule has 2 aromatic heterocycles. The molecule has 0 N–H and O–H groups in total. The minimum atomic E-state index is -0.354. The van der Waals surface area contributed by atoms with Gasteiger partial charge in [-0.25, -0.2) is 4.39 Å². The molecule has 0 radical (unpaired) electrons. The van der Waals surface area contributed by atoms with E-state index in [0.717, 1.165) is 12.8 Å². The zero-order chi connectivity index (χ0) is 18.3. The second kappa shape index (κ2) is 6.68. The van der Waals surface area contributed by atoms with E-state index in [4.69, 9.17) is 11.6 Å². The van der Waals surface area contributed by atoms with Crippen LogP contribution in [0.5, 0.6) is 0 Å². The van der Waals surface area contributed by atoms with Crippen molar-refractivity contribution < 1.29 is 9.18 Å². The largest absolute Gasteiger partial charge is 0.338 e. The first-order valence-corrected chi connectivity index (χ1v) is 8.95. The van der Waals surface area contributed by atoms with Crippen LogP contribution >= 0.6 is 11.6 Å². The van der Waals surface area contributed by atoms with Crippen molar-refractivity contribution in [1.82, 2.24) is 19.7 Å². The highest BCUT2D eigenvalue weighted by molar-refractivity contribution is 6.30. The van der Waals surface area contributed by atoms with Gasteiger partial charge in [0, 0.05) is 36.4 Å². The number of benzene rings is 1. The van der Waals surface area contributed by atoms with Crippen LogP contribution in [0.25, 0.3) is 10.9 Å². The average Bonchev–Trinajstić information content (AvgIpc) is 3.06. The van der Waals surface area contributed by atoms with E-state index in [1.807, 2.05) is 22.7 Å². The summed E-state index contributed by atoms with van der Waals surface area (Å²) in [6.45, 7) is 3.10. The third-order valence-electron chi connectivity index (χ3n) is 4.83. The van der Waals surface area contributed by atoms with E-state index in [0.29, 0.717) is 40.3 Å². The Balaban J connectivity index is 1.56. The van der Waals surface area contributed by atoms with Crippen molar-refractivity contribution >= 4 is 28.4 Å². The maximum atomic E-state index is 13.5. The monoisotopic (exact) mass is 372 g/mol. The standard InChI is InChI=1S/C19H18ClFN4O/c1-12-8-17(16-3-2-14(21)9-18(16)23-12)19(26)24-6-4-15(5-7-24)25-11-13(20)10-22-25/h2-3,8-11,15H,4-7H2,1H3. The quantitative estimate of drug-likeness (QED) is 0.683. The van der Waals surface area contributed by atoms with Gasteiger partial charge in [0.2, 0.25) is 0 Å². The fourth-order valence-electron chi connectivity index (χ4n) is 3.53.